The second-order valence-corrected chi connectivity index (χ2v) is 8.83. The van der Waals surface area contributed by atoms with Gasteiger partial charge in [-0.3, -0.25) is 0 Å². The molecular formula is C10H12BrClO3S. The lowest BCUT2D eigenvalue weighted by atomic mass is 10.0. The van der Waals surface area contributed by atoms with Crippen molar-refractivity contribution < 1.29 is 13.5 Å². The first-order valence-electron chi connectivity index (χ1n) is 4.49. The number of rotatable bonds is 3. The second-order valence-electron chi connectivity index (χ2n) is 3.59. The minimum absolute atomic E-state index is 0.486. The third-order valence-corrected chi connectivity index (χ3v) is 6.75. The largest absolute Gasteiger partial charge is 0.385 e. The summed E-state index contributed by atoms with van der Waals surface area (Å²) in [7, 11) is -3.63. The Bertz CT molecular complexity index is 485. The monoisotopic (exact) mass is 326 g/mol. The number of sulfone groups is 1. The molecule has 0 saturated carbocycles. The highest BCUT2D eigenvalue weighted by Crippen LogP contribution is 2.42. The van der Waals surface area contributed by atoms with Crippen molar-refractivity contribution in [1.82, 2.24) is 0 Å². The van der Waals surface area contributed by atoms with Gasteiger partial charge in [0, 0.05) is 6.26 Å². The first-order chi connectivity index (χ1) is 7.18. The predicted octanol–water partition coefficient (Wildman–Crippen LogP) is 2.36. The molecular weight excluding hydrogens is 316 g/mol. The minimum Gasteiger partial charge on any atom is -0.385 e. The van der Waals surface area contributed by atoms with Crippen molar-refractivity contribution in [3.8, 4) is 0 Å². The number of hydrogen-bond acceptors (Lipinski definition) is 3. The van der Waals surface area contributed by atoms with E-state index in [1.807, 2.05) is 0 Å². The highest BCUT2D eigenvalue weighted by molar-refractivity contribution is 9.12. The van der Waals surface area contributed by atoms with Crippen molar-refractivity contribution in [1.29, 1.82) is 0 Å². The van der Waals surface area contributed by atoms with Gasteiger partial charge >= 0.3 is 0 Å². The molecule has 0 amide bonds. The van der Waals surface area contributed by atoms with Gasteiger partial charge in [-0.1, -0.05) is 35.9 Å². The summed E-state index contributed by atoms with van der Waals surface area (Å²) in [5, 5.41) is 10.0. The molecule has 90 valence electrons. The third kappa shape index (κ3) is 2.59. The SMILES string of the molecule is Cc1ccccc1[C@H](O)[C@](Cl)(Br)S(C)(=O)=O. The van der Waals surface area contributed by atoms with Crippen molar-refractivity contribution in [2.75, 3.05) is 6.26 Å². The van der Waals surface area contributed by atoms with E-state index in [0.717, 1.165) is 11.8 Å². The molecule has 0 radical (unpaired) electrons. The van der Waals surface area contributed by atoms with E-state index in [4.69, 9.17) is 11.6 Å². The Kier molecular flexibility index (Phi) is 4.05. The molecule has 1 N–H and O–H groups in total. The minimum atomic E-state index is -3.63. The Hall–Kier alpha value is -0.100. The van der Waals surface area contributed by atoms with E-state index in [1.165, 1.54) is 0 Å². The maximum absolute atomic E-state index is 11.4. The van der Waals surface area contributed by atoms with E-state index >= 15 is 0 Å². The fourth-order valence-electron chi connectivity index (χ4n) is 1.28. The van der Waals surface area contributed by atoms with Crippen LogP contribution in [-0.2, 0) is 9.84 Å². The van der Waals surface area contributed by atoms with Crippen LogP contribution in [-0.4, -0.2) is 22.9 Å². The molecule has 1 aromatic carbocycles. The van der Waals surface area contributed by atoms with Gasteiger partial charge in [0.2, 0.25) is 3.12 Å². The Morgan fingerprint density at radius 2 is 1.94 bits per heavy atom. The number of alkyl halides is 2. The quantitative estimate of drug-likeness (QED) is 0.867. The van der Waals surface area contributed by atoms with Gasteiger partial charge in [0.05, 0.1) is 0 Å². The van der Waals surface area contributed by atoms with E-state index < -0.39 is 19.1 Å². The van der Waals surface area contributed by atoms with Crippen LogP contribution >= 0.6 is 27.5 Å². The van der Waals surface area contributed by atoms with Gasteiger partial charge in [0.15, 0.2) is 9.84 Å². The van der Waals surface area contributed by atoms with Gasteiger partial charge in [-0.2, -0.15) is 0 Å². The molecule has 2 atom stereocenters. The molecule has 0 aliphatic carbocycles. The fourth-order valence-corrected chi connectivity index (χ4v) is 2.17. The predicted molar refractivity (Wildman–Crippen MR) is 68.5 cm³/mol. The molecule has 0 fully saturated rings. The van der Waals surface area contributed by atoms with Crippen molar-refractivity contribution in [2.24, 2.45) is 0 Å². The number of benzene rings is 1. The molecule has 0 aliphatic rings. The van der Waals surface area contributed by atoms with Crippen molar-refractivity contribution in [3.05, 3.63) is 35.4 Å². The molecule has 0 bridgehead atoms. The second kappa shape index (κ2) is 4.64. The van der Waals surface area contributed by atoms with Gasteiger partial charge < -0.3 is 5.11 Å². The molecule has 0 heterocycles. The summed E-state index contributed by atoms with van der Waals surface area (Å²) >= 11 is 8.71. The summed E-state index contributed by atoms with van der Waals surface area (Å²) in [6.07, 6.45) is -0.360. The molecule has 6 heteroatoms. The normalized spacial score (nSPS) is 17.8. The Balaban J connectivity index is 3.23. The van der Waals surface area contributed by atoms with Crippen LogP contribution in [0.15, 0.2) is 24.3 Å². The van der Waals surface area contributed by atoms with Crippen LogP contribution in [0.1, 0.15) is 17.2 Å². The highest BCUT2D eigenvalue weighted by Gasteiger charge is 2.44. The van der Waals surface area contributed by atoms with Crippen molar-refractivity contribution in [3.63, 3.8) is 0 Å². The van der Waals surface area contributed by atoms with Gasteiger partial charge in [-0.05, 0) is 34.0 Å². The topological polar surface area (TPSA) is 54.4 Å². The summed E-state index contributed by atoms with van der Waals surface area (Å²) < 4.78 is 21.0. The maximum Gasteiger partial charge on any atom is 0.228 e. The first kappa shape index (κ1) is 14.0. The van der Waals surface area contributed by atoms with Gasteiger partial charge in [0.1, 0.15) is 6.10 Å². The zero-order valence-corrected chi connectivity index (χ0v) is 12.0. The van der Waals surface area contributed by atoms with Crippen LogP contribution in [0.25, 0.3) is 0 Å². The summed E-state index contributed by atoms with van der Waals surface area (Å²) in [6, 6.07) is 6.94. The summed E-state index contributed by atoms with van der Waals surface area (Å²) in [5.41, 5.74) is 1.27. The van der Waals surface area contributed by atoms with E-state index in [1.54, 1.807) is 31.2 Å². The number of aliphatic hydroxyl groups excluding tert-OH is 1. The summed E-state index contributed by atoms with van der Waals surface area (Å²) in [5.74, 6) is 0. The van der Waals surface area contributed by atoms with E-state index in [2.05, 4.69) is 15.9 Å². The molecule has 0 saturated heterocycles. The third-order valence-electron chi connectivity index (χ3n) is 2.30. The lowest BCUT2D eigenvalue weighted by molar-refractivity contribution is 0.184. The molecule has 16 heavy (non-hydrogen) atoms. The van der Waals surface area contributed by atoms with Gasteiger partial charge in [0.25, 0.3) is 0 Å². The Morgan fingerprint density at radius 1 is 1.44 bits per heavy atom. The van der Waals surface area contributed by atoms with Crippen molar-refractivity contribution in [2.45, 2.75) is 16.1 Å². The molecule has 0 aromatic heterocycles. The van der Waals surface area contributed by atoms with Gasteiger partial charge in [-0.25, -0.2) is 8.42 Å². The molecule has 0 unspecified atom stereocenters. The zero-order chi connectivity index (χ0) is 12.6. The Morgan fingerprint density at radius 3 is 2.38 bits per heavy atom. The lowest BCUT2D eigenvalue weighted by Crippen LogP contribution is -2.32. The number of aryl methyl sites for hydroxylation is 1. The van der Waals surface area contributed by atoms with Crippen LogP contribution in [0.2, 0.25) is 0 Å². The first-order valence-corrected chi connectivity index (χ1v) is 7.55. The zero-order valence-electron chi connectivity index (χ0n) is 8.81. The fraction of sp³-hybridized carbons (Fsp3) is 0.400. The molecule has 1 aromatic rings. The van der Waals surface area contributed by atoms with E-state index in [-0.39, 0.29) is 0 Å². The van der Waals surface area contributed by atoms with E-state index in [0.29, 0.717) is 5.56 Å². The summed E-state index contributed by atoms with van der Waals surface area (Å²) in [4.78, 5) is 0. The highest BCUT2D eigenvalue weighted by atomic mass is 79.9. The van der Waals surface area contributed by atoms with Crippen LogP contribution in [0, 0.1) is 6.92 Å². The average molecular weight is 328 g/mol. The molecule has 0 spiro atoms. The molecule has 3 nitrogen and oxygen atoms in total. The van der Waals surface area contributed by atoms with Crippen LogP contribution in [0.5, 0.6) is 0 Å². The maximum atomic E-state index is 11.4. The van der Waals surface area contributed by atoms with Crippen molar-refractivity contribution >= 4 is 37.4 Å². The number of halogens is 2. The lowest BCUT2D eigenvalue weighted by Gasteiger charge is -2.25. The smallest absolute Gasteiger partial charge is 0.228 e. The van der Waals surface area contributed by atoms with E-state index in [9.17, 15) is 13.5 Å². The number of aliphatic hydroxyl groups is 1. The number of hydrogen-bond donors (Lipinski definition) is 1. The molecule has 0 aliphatic heterocycles. The standard InChI is InChI=1S/C10H12BrClO3S/c1-7-5-3-4-6-8(7)9(13)10(11,12)16(2,14)15/h3-6,9,13H,1-2H3/t9-,10+/m0/s1. The average Bonchev–Trinajstić information content (AvgIpc) is 2.15. The van der Waals surface area contributed by atoms with Gasteiger partial charge in [-0.15, -0.1) is 0 Å². The summed E-state index contributed by atoms with van der Waals surface area (Å²) in [6.45, 7) is 1.78. The van der Waals surface area contributed by atoms with Crippen LogP contribution in [0.3, 0.4) is 0 Å². The Labute approximate surface area is 108 Å². The molecule has 1 rings (SSSR count). The van der Waals surface area contributed by atoms with Crippen LogP contribution < -0.4 is 0 Å². The van der Waals surface area contributed by atoms with Crippen LogP contribution in [0.4, 0.5) is 0 Å².